The van der Waals surface area contributed by atoms with Gasteiger partial charge in [0, 0.05) is 51.0 Å². The molecule has 7 heteroatoms. The van der Waals surface area contributed by atoms with Gasteiger partial charge in [0.2, 0.25) is 0 Å². The maximum atomic E-state index is 13.3. The minimum absolute atomic E-state index is 0.0207. The smallest absolute Gasteiger partial charge is 0.335 e. The van der Waals surface area contributed by atoms with Gasteiger partial charge in [0.15, 0.2) is 0 Å². The van der Waals surface area contributed by atoms with Gasteiger partial charge in [-0.3, -0.25) is 4.90 Å². The number of hydrogen-bond donors (Lipinski definition) is 3. The van der Waals surface area contributed by atoms with E-state index in [1.54, 1.807) is 17.0 Å². The fourth-order valence-electron chi connectivity index (χ4n) is 4.01. The molecular weight excluding hydrogens is 416 g/mol. The van der Waals surface area contributed by atoms with E-state index in [0.29, 0.717) is 12.2 Å². The number of carbonyl (C=O) groups is 2. The maximum Gasteiger partial charge on any atom is 0.335 e. The molecule has 0 saturated carbocycles. The number of urea groups is 1. The molecule has 1 unspecified atom stereocenters. The van der Waals surface area contributed by atoms with Crippen molar-refractivity contribution in [2.75, 3.05) is 44.6 Å². The van der Waals surface area contributed by atoms with Crippen molar-refractivity contribution >= 4 is 17.7 Å². The van der Waals surface area contributed by atoms with Crippen LogP contribution in [0.3, 0.4) is 0 Å². The molecule has 7 nitrogen and oxygen atoms in total. The van der Waals surface area contributed by atoms with E-state index in [-0.39, 0.29) is 17.6 Å². The van der Waals surface area contributed by atoms with Crippen molar-refractivity contribution in [3.63, 3.8) is 0 Å². The lowest BCUT2D eigenvalue weighted by Crippen LogP contribution is -2.47. The number of piperazine rings is 1. The van der Waals surface area contributed by atoms with Crippen LogP contribution in [0.1, 0.15) is 29.3 Å². The van der Waals surface area contributed by atoms with Crippen molar-refractivity contribution in [3.05, 3.63) is 77.9 Å². The molecule has 1 saturated heterocycles. The number of nitrogens with one attached hydrogen (secondary N) is 2. The molecule has 0 aromatic heterocycles. The van der Waals surface area contributed by atoms with Crippen LogP contribution in [0.25, 0.3) is 0 Å². The number of aryl methyl sites for hydroxylation is 1. The average Bonchev–Trinajstić information content (AvgIpc) is 2.82. The van der Waals surface area contributed by atoms with Crippen LogP contribution in [0.15, 0.2) is 66.7 Å². The van der Waals surface area contributed by atoms with Crippen molar-refractivity contribution in [3.8, 4) is 0 Å². The predicted molar refractivity (Wildman–Crippen MR) is 132 cm³/mol. The van der Waals surface area contributed by atoms with Gasteiger partial charge < -0.3 is 20.6 Å². The summed E-state index contributed by atoms with van der Waals surface area (Å²) in [5.41, 5.74) is 2.82. The highest BCUT2D eigenvalue weighted by Crippen LogP contribution is 2.16. The molecule has 33 heavy (non-hydrogen) atoms. The van der Waals surface area contributed by atoms with Crippen molar-refractivity contribution < 1.29 is 14.7 Å². The molecule has 3 N–H and O–H groups in total. The van der Waals surface area contributed by atoms with E-state index in [9.17, 15) is 14.7 Å². The van der Waals surface area contributed by atoms with Crippen molar-refractivity contribution in [2.24, 2.45) is 0 Å². The van der Waals surface area contributed by atoms with Crippen LogP contribution in [0.5, 0.6) is 0 Å². The summed E-state index contributed by atoms with van der Waals surface area (Å²) in [5, 5.41) is 15.5. The molecule has 1 aliphatic heterocycles. The summed E-state index contributed by atoms with van der Waals surface area (Å²) in [4.78, 5) is 28.7. The number of aromatic carboxylic acids is 1. The topological polar surface area (TPSA) is 84.9 Å². The third-order valence-corrected chi connectivity index (χ3v) is 5.90. The van der Waals surface area contributed by atoms with Crippen LogP contribution in [-0.2, 0) is 6.42 Å². The molecule has 3 rings (SSSR count). The first-order valence-electron chi connectivity index (χ1n) is 11.5. The Balaban J connectivity index is 1.68. The number of amides is 2. The molecule has 0 aliphatic carbocycles. The largest absolute Gasteiger partial charge is 0.478 e. The van der Waals surface area contributed by atoms with Crippen molar-refractivity contribution in [1.29, 1.82) is 0 Å². The fourth-order valence-corrected chi connectivity index (χ4v) is 4.01. The summed E-state index contributed by atoms with van der Waals surface area (Å²) in [5.74, 6) is -1.02. The minimum atomic E-state index is -1.02. The van der Waals surface area contributed by atoms with Gasteiger partial charge in [-0.25, -0.2) is 9.59 Å². The summed E-state index contributed by atoms with van der Waals surface area (Å²) in [6.07, 6.45) is 1.68. The van der Waals surface area contributed by atoms with Gasteiger partial charge >= 0.3 is 12.0 Å². The molecule has 2 amide bonds. The zero-order valence-electron chi connectivity index (χ0n) is 19.3. The number of anilines is 1. The zero-order valence-corrected chi connectivity index (χ0v) is 19.3. The van der Waals surface area contributed by atoms with Gasteiger partial charge in [-0.05, 0) is 49.1 Å². The first kappa shape index (κ1) is 24.5. The van der Waals surface area contributed by atoms with Gasteiger partial charge in [0.25, 0.3) is 0 Å². The van der Waals surface area contributed by atoms with E-state index >= 15 is 0 Å². The lowest BCUT2D eigenvalue weighted by Gasteiger charge is -2.33. The van der Waals surface area contributed by atoms with Crippen molar-refractivity contribution in [2.45, 2.75) is 25.8 Å². The Bertz CT molecular complexity index is 942. The highest BCUT2D eigenvalue weighted by atomic mass is 16.4. The maximum absolute atomic E-state index is 13.3. The van der Waals surface area contributed by atoms with Gasteiger partial charge in [0.1, 0.15) is 0 Å². The van der Waals surface area contributed by atoms with Crippen molar-refractivity contribution in [1.82, 2.24) is 15.1 Å². The van der Waals surface area contributed by atoms with E-state index in [4.69, 9.17) is 0 Å². The Hall–Kier alpha value is -3.16. The fraction of sp³-hybridized carbons (Fsp3) is 0.385. The van der Waals surface area contributed by atoms with E-state index < -0.39 is 5.97 Å². The monoisotopic (exact) mass is 450 g/mol. The zero-order chi connectivity index (χ0) is 23.6. The van der Waals surface area contributed by atoms with Crippen LogP contribution >= 0.6 is 0 Å². The Morgan fingerprint density at radius 3 is 2.58 bits per heavy atom. The van der Waals surface area contributed by atoms with Crippen LogP contribution in [0, 0.1) is 0 Å². The molecule has 1 aliphatic rings. The molecule has 2 aromatic rings. The lowest BCUT2D eigenvalue weighted by molar-refractivity contribution is 0.0697. The normalized spacial score (nSPS) is 14.9. The summed E-state index contributed by atoms with van der Waals surface area (Å²) in [6.45, 7) is 11.4. The Kier molecular flexibility index (Phi) is 9.04. The molecule has 0 bridgehead atoms. The third-order valence-electron chi connectivity index (χ3n) is 5.90. The molecule has 0 radical (unpaired) electrons. The SMILES string of the molecule is C=C(CN1CCNCC1)CN(C(=O)Nc1cccc(C(=O)O)c1)C(C)CCc1ccccc1. The van der Waals surface area contributed by atoms with E-state index in [0.717, 1.165) is 51.1 Å². The number of benzene rings is 2. The molecular formula is C26H34N4O3. The predicted octanol–water partition coefficient (Wildman–Crippen LogP) is 3.70. The molecule has 1 atom stereocenters. The second-order valence-corrected chi connectivity index (χ2v) is 8.59. The summed E-state index contributed by atoms with van der Waals surface area (Å²) in [6, 6.07) is 16.3. The van der Waals surface area contributed by atoms with Gasteiger partial charge in [0.05, 0.1) is 5.56 Å². The number of rotatable bonds is 10. The number of carboxylic acid groups (broad SMARTS) is 1. The highest BCUT2D eigenvalue weighted by Gasteiger charge is 2.22. The lowest BCUT2D eigenvalue weighted by atomic mass is 10.0. The number of carboxylic acids is 1. The number of carbonyl (C=O) groups excluding carboxylic acids is 1. The van der Waals surface area contributed by atoms with E-state index in [1.165, 1.54) is 17.7 Å². The molecule has 1 heterocycles. The first-order chi connectivity index (χ1) is 15.9. The summed E-state index contributed by atoms with van der Waals surface area (Å²) in [7, 11) is 0. The van der Waals surface area contributed by atoms with Crippen LogP contribution in [0.2, 0.25) is 0 Å². The summed E-state index contributed by atoms with van der Waals surface area (Å²) >= 11 is 0. The van der Waals surface area contributed by atoms with Gasteiger partial charge in [-0.15, -0.1) is 0 Å². The Labute approximate surface area is 196 Å². The minimum Gasteiger partial charge on any atom is -0.478 e. The standard InChI is InChI=1S/C26H34N4O3/c1-20(18-29-15-13-27-14-16-29)19-30(21(2)11-12-22-7-4-3-5-8-22)26(33)28-24-10-6-9-23(17-24)25(31)32/h3-10,17,21,27H,1,11-16,18-19H2,2H3,(H,28,33)(H,31,32). The van der Waals surface area contributed by atoms with Crippen LogP contribution < -0.4 is 10.6 Å². The Morgan fingerprint density at radius 2 is 1.88 bits per heavy atom. The number of hydrogen-bond acceptors (Lipinski definition) is 4. The van der Waals surface area contributed by atoms with Gasteiger partial charge in [-0.1, -0.05) is 43.0 Å². The summed E-state index contributed by atoms with van der Waals surface area (Å²) < 4.78 is 0. The quantitative estimate of drug-likeness (QED) is 0.481. The second-order valence-electron chi connectivity index (χ2n) is 8.59. The van der Waals surface area contributed by atoms with Crippen LogP contribution in [0.4, 0.5) is 10.5 Å². The highest BCUT2D eigenvalue weighted by molar-refractivity contribution is 5.93. The van der Waals surface area contributed by atoms with Gasteiger partial charge in [-0.2, -0.15) is 0 Å². The first-order valence-corrected chi connectivity index (χ1v) is 11.5. The molecule has 0 spiro atoms. The van der Waals surface area contributed by atoms with E-state index in [1.807, 2.05) is 25.1 Å². The Morgan fingerprint density at radius 1 is 1.15 bits per heavy atom. The molecule has 1 fully saturated rings. The number of nitrogens with zero attached hydrogens (tertiary/aromatic N) is 2. The second kappa shape index (κ2) is 12.2. The molecule has 176 valence electrons. The van der Waals surface area contributed by atoms with E-state index in [2.05, 4.69) is 34.2 Å². The van der Waals surface area contributed by atoms with Crippen LogP contribution in [-0.4, -0.2) is 72.2 Å². The third kappa shape index (κ3) is 7.73. The molecule has 2 aromatic carbocycles. The average molecular weight is 451 g/mol.